The highest BCUT2D eigenvalue weighted by Gasteiger charge is 2.30. The van der Waals surface area contributed by atoms with E-state index in [1.807, 2.05) is 6.20 Å². The van der Waals surface area contributed by atoms with Crippen LogP contribution in [0.3, 0.4) is 0 Å². The molecule has 1 aliphatic rings. The van der Waals surface area contributed by atoms with Gasteiger partial charge in [0.2, 0.25) is 0 Å². The molecule has 0 bridgehead atoms. The molecule has 1 N–H and O–H groups in total. The van der Waals surface area contributed by atoms with Gasteiger partial charge in [0.1, 0.15) is 5.82 Å². The number of hydrogen-bond acceptors (Lipinski definition) is 3. The molecule has 0 atom stereocenters. The van der Waals surface area contributed by atoms with Crippen molar-refractivity contribution < 1.29 is 0 Å². The van der Waals surface area contributed by atoms with Gasteiger partial charge in [-0.25, -0.2) is 4.98 Å². The van der Waals surface area contributed by atoms with Crippen molar-refractivity contribution in [3.05, 3.63) is 23.9 Å². The Morgan fingerprint density at radius 1 is 1.19 bits per heavy atom. The minimum Gasteiger partial charge on any atom is -0.370 e. The van der Waals surface area contributed by atoms with Crippen LogP contribution in [0.25, 0.3) is 0 Å². The molecule has 2 heterocycles. The summed E-state index contributed by atoms with van der Waals surface area (Å²) in [5.41, 5.74) is 1.99. The Balaban J connectivity index is 1.88. The molecule has 0 aliphatic carbocycles. The topological polar surface area (TPSA) is 28.2 Å². The van der Waals surface area contributed by atoms with Crippen LogP contribution in [-0.2, 0) is 6.54 Å². The van der Waals surface area contributed by atoms with E-state index in [1.54, 1.807) is 0 Å². The zero-order valence-electron chi connectivity index (χ0n) is 14.0. The minimum atomic E-state index is 0.614. The highest BCUT2D eigenvalue weighted by Crippen LogP contribution is 2.38. The first-order chi connectivity index (χ1) is 10.2. The Bertz CT molecular complexity index is 416. The van der Waals surface area contributed by atoms with Crippen molar-refractivity contribution in [3.63, 3.8) is 0 Å². The van der Waals surface area contributed by atoms with Crippen molar-refractivity contribution in [2.24, 2.45) is 5.41 Å². The summed E-state index contributed by atoms with van der Waals surface area (Å²) in [7, 11) is 0. The van der Waals surface area contributed by atoms with Gasteiger partial charge in [-0.15, -0.1) is 0 Å². The van der Waals surface area contributed by atoms with E-state index in [1.165, 1.54) is 44.3 Å². The lowest BCUT2D eigenvalue weighted by molar-refractivity contribution is 0.0909. The van der Waals surface area contributed by atoms with Gasteiger partial charge in [0, 0.05) is 19.3 Å². The number of rotatable bonds is 7. The maximum Gasteiger partial charge on any atom is 0.126 e. The second kappa shape index (κ2) is 7.79. The SMILES string of the molecule is CCCNc1cc(CN2CCC(CC)(CC)CC2)ccn1. The summed E-state index contributed by atoms with van der Waals surface area (Å²) in [4.78, 5) is 6.99. The molecule has 0 radical (unpaired) electrons. The molecule has 2 rings (SSSR count). The Labute approximate surface area is 130 Å². The second-order valence-electron chi connectivity index (χ2n) is 6.46. The number of pyridine rings is 1. The number of hydrogen-bond donors (Lipinski definition) is 1. The molecule has 0 unspecified atom stereocenters. The zero-order chi connectivity index (χ0) is 15.1. The molecular formula is C18H31N3. The van der Waals surface area contributed by atoms with E-state index in [0.29, 0.717) is 5.41 Å². The third-order valence-electron chi connectivity index (χ3n) is 5.20. The lowest BCUT2D eigenvalue weighted by Crippen LogP contribution is -2.39. The van der Waals surface area contributed by atoms with Crippen LogP contribution < -0.4 is 5.32 Å². The molecular weight excluding hydrogens is 258 g/mol. The molecule has 1 saturated heterocycles. The fraction of sp³-hybridized carbons (Fsp3) is 0.722. The molecule has 1 aromatic heterocycles. The lowest BCUT2D eigenvalue weighted by Gasteiger charge is -2.41. The van der Waals surface area contributed by atoms with E-state index >= 15 is 0 Å². The van der Waals surface area contributed by atoms with Gasteiger partial charge in [0.15, 0.2) is 0 Å². The van der Waals surface area contributed by atoms with Crippen molar-refractivity contribution in [2.75, 3.05) is 25.0 Å². The summed E-state index contributed by atoms with van der Waals surface area (Å²) >= 11 is 0. The van der Waals surface area contributed by atoms with Gasteiger partial charge in [-0.3, -0.25) is 4.90 Å². The molecule has 3 heteroatoms. The summed E-state index contributed by atoms with van der Waals surface area (Å²) in [5.74, 6) is 1.02. The molecule has 1 aliphatic heterocycles. The van der Waals surface area contributed by atoms with E-state index < -0.39 is 0 Å². The van der Waals surface area contributed by atoms with Gasteiger partial charge in [-0.1, -0.05) is 33.6 Å². The Morgan fingerprint density at radius 3 is 2.52 bits per heavy atom. The number of piperidine rings is 1. The lowest BCUT2D eigenvalue weighted by atomic mass is 9.74. The van der Waals surface area contributed by atoms with Gasteiger partial charge in [0.25, 0.3) is 0 Å². The minimum absolute atomic E-state index is 0.614. The maximum atomic E-state index is 4.39. The number of aromatic nitrogens is 1. The Morgan fingerprint density at radius 2 is 1.90 bits per heavy atom. The predicted octanol–water partition coefficient (Wildman–Crippen LogP) is 4.31. The summed E-state index contributed by atoms with van der Waals surface area (Å²) in [6.45, 7) is 11.4. The number of anilines is 1. The fourth-order valence-corrected chi connectivity index (χ4v) is 3.32. The van der Waals surface area contributed by atoms with Crippen molar-refractivity contribution in [3.8, 4) is 0 Å². The maximum absolute atomic E-state index is 4.39. The Hall–Kier alpha value is -1.09. The van der Waals surface area contributed by atoms with Gasteiger partial charge in [-0.2, -0.15) is 0 Å². The summed E-state index contributed by atoms with van der Waals surface area (Å²) in [6, 6.07) is 4.36. The molecule has 0 spiro atoms. The van der Waals surface area contributed by atoms with Crippen LogP contribution in [0, 0.1) is 5.41 Å². The first kappa shape index (κ1) is 16.3. The van der Waals surface area contributed by atoms with Crippen LogP contribution in [0.2, 0.25) is 0 Å². The highest BCUT2D eigenvalue weighted by molar-refractivity contribution is 5.37. The quantitative estimate of drug-likeness (QED) is 0.811. The van der Waals surface area contributed by atoms with E-state index in [0.717, 1.165) is 25.3 Å². The molecule has 118 valence electrons. The Kier molecular flexibility index (Phi) is 6.04. The van der Waals surface area contributed by atoms with Crippen molar-refractivity contribution in [2.45, 2.75) is 59.4 Å². The van der Waals surface area contributed by atoms with Crippen molar-refractivity contribution in [1.29, 1.82) is 0 Å². The summed E-state index contributed by atoms with van der Waals surface area (Å²) < 4.78 is 0. The fourth-order valence-electron chi connectivity index (χ4n) is 3.32. The normalized spacial score (nSPS) is 18.6. The van der Waals surface area contributed by atoms with Gasteiger partial charge >= 0.3 is 0 Å². The van der Waals surface area contributed by atoms with Crippen LogP contribution in [0.15, 0.2) is 18.3 Å². The van der Waals surface area contributed by atoms with Gasteiger partial charge < -0.3 is 5.32 Å². The molecule has 1 fully saturated rings. The van der Waals surface area contributed by atoms with Gasteiger partial charge in [0.05, 0.1) is 0 Å². The first-order valence-electron chi connectivity index (χ1n) is 8.62. The zero-order valence-corrected chi connectivity index (χ0v) is 14.0. The highest BCUT2D eigenvalue weighted by atomic mass is 15.1. The van der Waals surface area contributed by atoms with E-state index in [9.17, 15) is 0 Å². The van der Waals surface area contributed by atoms with Gasteiger partial charge in [-0.05, 0) is 55.5 Å². The first-order valence-corrected chi connectivity index (χ1v) is 8.62. The third kappa shape index (κ3) is 4.44. The smallest absolute Gasteiger partial charge is 0.126 e. The molecule has 21 heavy (non-hydrogen) atoms. The summed E-state index contributed by atoms with van der Waals surface area (Å²) in [5, 5.41) is 3.37. The number of nitrogens with zero attached hydrogens (tertiary/aromatic N) is 2. The number of nitrogens with one attached hydrogen (secondary N) is 1. The van der Waals surface area contributed by atoms with Crippen LogP contribution >= 0.6 is 0 Å². The molecule has 0 aromatic carbocycles. The van der Waals surface area contributed by atoms with Crippen molar-refractivity contribution in [1.82, 2.24) is 9.88 Å². The van der Waals surface area contributed by atoms with Crippen LogP contribution in [0.5, 0.6) is 0 Å². The molecule has 1 aromatic rings. The second-order valence-corrected chi connectivity index (χ2v) is 6.46. The molecule has 0 amide bonds. The molecule has 3 nitrogen and oxygen atoms in total. The van der Waals surface area contributed by atoms with Crippen LogP contribution in [0.4, 0.5) is 5.82 Å². The van der Waals surface area contributed by atoms with Crippen LogP contribution in [0.1, 0.15) is 58.4 Å². The van der Waals surface area contributed by atoms with E-state index in [-0.39, 0.29) is 0 Å². The summed E-state index contributed by atoms with van der Waals surface area (Å²) in [6.07, 6.45) is 8.43. The monoisotopic (exact) mass is 289 g/mol. The third-order valence-corrected chi connectivity index (χ3v) is 5.20. The average Bonchev–Trinajstić information content (AvgIpc) is 2.54. The van der Waals surface area contributed by atoms with E-state index in [4.69, 9.17) is 0 Å². The largest absolute Gasteiger partial charge is 0.370 e. The van der Waals surface area contributed by atoms with E-state index in [2.05, 4.69) is 48.1 Å². The molecule has 0 saturated carbocycles. The standard InChI is InChI=1S/C18H31N3/c1-4-10-19-17-14-16(7-11-20-17)15-21-12-8-18(5-2,6-3)9-13-21/h7,11,14H,4-6,8-10,12-13,15H2,1-3H3,(H,19,20). The predicted molar refractivity (Wildman–Crippen MR) is 90.5 cm³/mol. The van der Waals surface area contributed by atoms with Crippen LogP contribution in [-0.4, -0.2) is 29.5 Å². The number of likely N-dealkylation sites (tertiary alicyclic amines) is 1. The average molecular weight is 289 g/mol. The van der Waals surface area contributed by atoms with Crippen molar-refractivity contribution >= 4 is 5.82 Å².